The van der Waals surface area contributed by atoms with Crippen LogP contribution in [-0.4, -0.2) is 44.8 Å². The predicted molar refractivity (Wildman–Crippen MR) is 87.3 cm³/mol. The molecule has 3 heterocycles. The van der Waals surface area contributed by atoms with Crippen LogP contribution >= 0.6 is 0 Å². The standard InChI is InChI=1S/C16H21N5O2/c1-4-14-11(2)23-8-7-21(14)16-19-13(9-15(22)20(16)3)12-5-6-17-10-18-12/h5-6,9-11,14H,4,7-8H2,1-3H3/t11-,14+/m0/s1. The normalized spacial score (nSPS) is 21.4. The largest absolute Gasteiger partial charge is 0.375 e. The van der Waals surface area contributed by atoms with Gasteiger partial charge >= 0.3 is 0 Å². The SMILES string of the molecule is CC[C@@H]1[C@H](C)OCCN1c1nc(-c2ccncn2)cc(=O)n1C. The third-order valence-corrected chi connectivity index (χ3v) is 4.29. The van der Waals surface area contributed by atoms with E-state index in [2.05, 4.69) is 28.7 Å². The van der Waals surface area contributed by atoms with Crippen LogP contribution < -0.4 is 10.5 Å². The Hall–Kier alpha value is -2.28. The second kappa shape index (κ2) is 6.45. The smallest absolute Gasteiger partial charge is 0.255 e. The lowest BCUT2D eigenvalue weighted by atomic mass is 10.1. The molecule has 0 aliphatic carbocycles. The van der Waals surface area contributed by atoms with Crippen molar-refractivity contribution in [3.05, 3.63) is 35.0 Å². The molecule has 2 aromatic rings. The monoisotopic (exact) mass is 315 g/mol. The van der Waals surface area contributed by atoms with Gasteiger partial charge in [0.15, 0.2) is 0 Å². The molecule has 0 radical (unpaired) electrons. The molecule has 1 fully saturated rings. The molecule has 0 saturated carbocycles. The molecule has 23 heavy (non-hydrogen) atoms. The van der Waals surface area contributed by atoms with Gasteiger partial charge in [-0.25, -0.2) is 15.0 Å². The van der Waals surface area contributed by atoms with Crippen molar-refractivity contribution in [3.63, 3.8) is 0 Å². The number of ether oxygens (including phenoxy) is 1. The molecule has 0 bridgehead atoms. The van der Waals surface area contributed by atoms with Gasteiger partial charge in [0.1, 0.15) is 6.33 Å². The zero-order valence-electron chi connectivity index (χ0n) is 13.6. The zero-order chi connectivity index (χ0) is 16.4. The minimum absolute atomic E-state index is 0.0994. The molecule has 0 amide bonds. The van der Waals surface area contributed by atoms with E-state index in [0.717, 1.165) is 13.0 Å². The molecule has 0 aromatic carbocycles. The van der Waals surface area contributed by atoms with Crippen molar-refractivity contribution in [2.24, 2.45) is 7.05 Å². The Morgan fingerprint density at radius 2 is 2.22 bits per heavy atom. The summed E-state index contributed by atoms with van der Waals surface area (Å²) in [6.07, 6.45) is 4.13. The van der Waals surface area contributed by atoms with E-state index in [-0.39, 0.29) is 17.7 Å². The van der Waals surface area contributed by atoms with Crippen LogP contribution in [0, 0.1) is 0 Å². The van der Waals surface area contributed by atoms with Crippen LogP contribution in [0.4, 0.5) is 5.95 Å². The van der Waals surface area contributed by atoms with Gasteiger partial charge < -0.3 is 9.64 Å². The Balaban J connectivity index is 2.08. The molecule has 1 aliphatic heterocycles. The third kappa shape index (κ3) is 2.96. The van der Waals surface area contributed by atoms with Gasteiger partial charge in [-0.3, -0.25) is 9.36 Å². The topological polar surface area (TPSA) is 73.1 Å². The summed E-state index contributed by atoms with van der Waals surface area (Å²) in [5, 5.41) is 0. The maximum atomic E-state index is 12.4. The van der Waals surface area contributed by atoms with E-state index in [1.807, 2.05) is 0 Å². The Morgan fingerprint density at radius 1 is 1.39 bits per heavy atom. The summed E-state index contributed by atoms with van der Waals surface area (Å²) < 4.78 is 7.33. The van der Waals surface area contributed by atoms with Crippen molar-refractivity contribution >= 4 is 5.95 Å². The highest BCUT2D eigenvalue weighted by Crippen LogP contribution is 2.24. The van der Waals surface area contributed by atoms with Crippen molar-refractivity contribution in [1.82, 2.24) is 19.5 Å². The highest BCUT2D eigenvalue weighted by Gasteiger charge is 2.30. The van der Waals surface area contributed by atoms with E-state index in [0.29, 0.717) is 23.9 Å². The first-order chi connectivity index (χ1) is 11.1. The summed E-state index contributed by atoms with van der Waals surface area (Å²) in [7, 11) is 1.75. The fourth-order valence-corrected chi connectivity index (χ4v) is 3.03. The Kier molecular flexibility index (Phi) is 4.38. The van der Waals surface area contributed by atoms with Crippen LogP contribution in [0.1, 0.15) is 20.3 Å². The van der Waals surface area contributed by atoms with E-state index in [4.69, 9.17) is 9.72 Å². The van der Waals surface area contributed by atoms with E-state index >= 15 is 0 Å². The van der Waals surface area contributed by atoms with E-state index < -0.39 is 0 Å². The minimum atomic E-state index is -0.0994. The highest BCUT2D eigenvalue weighted by atomic mass is 16.5. The third-order valence-electron chi connectivity index (χ3n) is 4.29. The fraction of sp³-hybridized carbons (Fsp3) is 0.500. The van der Waals surface area contributed by atoms with Crippen LogP contribution in [0.3, 0.4) is 0 Å². The molecule has 122 valence electrons. The average Bonchev–Trinajstić information content (AvgIpc) is 2.58. The summed E-state index contributed by atoms with van der Waals surface area (Å²) >= 11 is 0. The van der Waals surface area contributed by atoms with Crippen LogP contribution in [0.15, 0.2) is 29.5 Å². The van der Waals surface area contributed by atoms with Gasteiger partial charge in [-0.15, -0.1) is 0 Å². The summed E-state index contributed by atoms with van der Waals surface area (Å²) in [4.78, 5) is 27.3. The molecular formula is C16H21N5O2. The van der Waals surface area contributed by atoms with Crippen molar-refractivity contribution in [3.8, 4) is 11.4 Å². The first-order valence-electron chi connectivity index (χ1n) is 7.84. The second-order valence-electron chi connectivity index (χ2n) is 5.68. The van der Waals surface area contributed by atoms with E-state index in [9.17, 15) is 4.79 Å². The number of hydrogen-bond acceptors (Lipinski definition) is 6. The summed E-state index contributed by atoms with van der Waals surface area (Å²) in [6.45, 7) is 5.53. The van der Waals surface area contributed by atoms with Gasteiger partial charge in [-0.05, 0) is 19.4 Å². The van der Waals surface area contributed by atoms with Crippen molar-refractivity contribution in [2.45, 2.75) is 32.4 Å². The van der Waals surface area contributed by atoms with Crippen molar-refractivity contribution < 1.29 is 4.74 Å². The van der Waals surface area contributed by atoms with Crippen LogP contribution in [0.5, 0.6) is 0 Å². The van der Waals surface area contributed by atoms with Crippen molar-refractivity contribution in [2.75, 3.05) is 18.1 Å². The lowest BCUT2D eigenvalue weighted by Crippen LogP contribution is -2.51. The molecule has 0 spiro atoms. The fourth-order valence-electron chi connectivity index (χ4n) is 3.03. The van der Waals surface area contributed by atoms with Gasteiger partial charge in [-0.2, -0.15) is 0 Å². The minimum Gasteiger partial charge on any atom is -0.375 e. The van der Waals surface area contributed by atoms with Gasteiger partial charge in [0, 0.05) is 25.9 Å². The van der Waals surface area contributed by atoms with E-state index in [1.54, 1.807) is 23.9 Å². The zero-order valence-corrected chi connectivity index (χ0v) is 13.6. The quantitative estimate of drug-likeness (QED) is 0.848. The van der Waals surface area contributed by atoms with E-state index in [1.165, 1.54) is 12.4 Å². The van der Waals surface area contributed by atoms with Gasteiger partial charge in [0.05, 0.1) is 30.1 Å². The lowest BCUT2D eigenvalue weighted by Gasteiger charge is -2.40. The molecule has 7 nitrogen and oxygen atoms in total. The van der Waals surface area contributed by atoms with Crippen LogP contribution in [-0.2, 0) is 11.8 Å². The molecule has 3 rings (SSSR count). The number of nitrogens with zero attached hydrogens (tertiary/aromatic N) is 5. The van der Waals surface area contributed by atoms with Crippen LogP contribution in [0.25, 0.3) is 11.4 Å². The second-order valence-corrected chi connectivity index (χ2v) is 5.68. The summed E-state index contributed by atoms with van der Waals surface area (Å²) in [5.41, 5.74) is 1.12. The molecule has 0 N–H and O–H groups in total. The average molecular weight is 315 g/mol. The predicted octanol–water partition coefficient (Wildman–Crippen LogP) is 1.24. The molecule has 7 heteroatoms. The highest BCUT2D eigenvalue weighted by molar-refractivity contribution is 5.55. The maximum absolute atomic E-state index is 12.4. The van der Waals surface area contributed by atoms with Gasteiger partial charge in [0.25, 0.3) is 5.56 Å². The molecule has 0 unspecified atom stereocenters. The number of aromatic nitrogens is 4. The molecule has 2 aromatic heterocycles. The lowest BCUT2D eigenvalue weighted by molar-refractivity contribution is 0.0217. The number of anilines is 1. The Bertz CT molecular complexity index is 731. The summed E-state index contributed by atoms with van der Waals surface area (Å²) in [5.74, 6) is 0.660. The van der Waals surface area contributed by atoms with Crippen molar-refractivity contribution in [1.29, 1.82) is 0 Å². The summed E-state index contributed by atoms with van der Waals surface area (Å²) in [6, 6.07) is 3.46. The number of rotatable bonds is 3. The first-order valence-corrected chi connectivity index (χ1v) is 7.84. The van der Waals surface area contributed by atoms with Gasteiger partial charge in [0.2, 0.25) is 5.95 Å². The molecule has 2 atom stereocenters. The molecular weight excluding hydrogens is 294 g/mol. The number of hydrogen-bond donors (Lipinski definition) is 0. The Morgan fingerprint density at radius 3 is 2.91 bits per heavy atom. The first kappa shape index (κ1) is 15.6. The van der Waals surface area contributed by atoms with Gasteiger partial charge in [-0.1, -0.05) is 6.92 Å². The molecule has 1 aliphatic rings. The number of morpholine rings is 1. The Labute approximate surface area is 135 Å². The maximum Gasteiger partial charge on any atom is 0.255 e. The van der Waals surface area contributed by atoms with Crippen LogP contribution in [0.2, 0.25) is 0 Å². The molecule has 1 saturated heterocycles.